The summed E-state index contributed by atoms with van der Waals surface area (Å²) in [6, 6.07) is 13.4. The Bertz CT molecular complexity index is 963. The van der Waals surface area contributed by atoms with Crippen molar-refractivity contribution in [2.45, 2.75) is 26.7 Å². The largest absolute Gasteiger partial charge is 0.302 e. The number of Topliss-reactive ketones (excluding diaryl/α,β-unsaturated/α-hetero) is 1. The van der Waals surface area contributed by atoms with E-state index in [1.54, 1.807) is 24.3 Å². The quantitative estimate of drug-likeness (QED) is 0.599. The van der Waals surface area contributed by atoms with Gasteiger partial charge in [0.05, 0.1) is 5.69 Å². The maximum absolute atomic E-state index is 13.1. The zero-order valence-corrected chi connectivity index (χ0v) is 15.9. The standard InChI is InChI=1S/C21H19FN2O2S/c1-13-3-5-15(6-4-13)18(25)11-12-19(26)23-21-24-20(14(2)27-21)16-7-9-17(22)10-8-16/h3-10H,11-12H2,1-2H3,(H,23,24,26). The van der Waals surface area contributed by atoms with Gasteiger partial charge < -0.3 is 5.32 Å². The maximum atomic E-state index is 13.1. The second kappa shape index (κ2) is 8.22. The average Bonchev–Trinajstić information content (AvgIpc) is 3.01. The van der Waals surface area contributed by atoms with Crippen molar-refractivity contribution in [1.29, 1.82) is 0 Å². The highest BCUT2D eigenvalue weighted by molar-refractivity contribution is 7.16. The Hall–Kier alpha value is -2.86. The minimum absolute atomic E-state index is 0.0625. The number of thiazole rings is 1. The van der Waals surface area contributed by atoms with Crippen LogP contribution >= 0.6 is 11.3 Å². The van der Waals surface area contributed by atoms with E-state index in [-0.39, 0.29) is 30.3 Å². The molecule has 6 heteroatoms. The second-order valence-corrected chi connectivity index (χ2v) is 7.47. The van der Waals surface area contributed by atoms with Gasteiger partial charge in [0.15, 0.2) is 10.9 Å². The number of anilines is 1. The van der Waals surface area contributed by atoms with Crippen LogP contribution in [0.15, 0.2) is 48.5 Å². The average molecular weight is 382 g/mol. The fourth-order valence-electron chi connectivity index (χ4n) is 2.62. The first-order valence-electron chi connectivity index (χ1n) is 8.55. The van der Waals surface area contributed by atoms with Crippen LogP contribution in [0.25, 0.3) is 11.3 Å². The number of ketones is 1. The Kier molecular flexibility index (Phi) is 5.76. The SMILES string of the molecule is Cc1ccc(C(=O)CCC(=O)Nc2nc(-c3ccc(F)cc3)c(C)s2)cc1. The number of carbonyl (C=O) groups excluding carboxylic acids is 2. The van der Waals surface area contributed by atoms with Gasteiger partial charge in [-0.15, -0.1) is 11.3 Å². The molecule has 0 radical (unpaired) electrons. The zero-order chi connectivity index (χ0) is 19.4. The van der Waals surface area contributed by atoms with Gasteiger partial charge in [0.1, 0.15) is 5.82 Å². The van der Waals surface area contributed by atoms with E-state index in [1.807, 2.05) is 26.0 Å². The molecule has 1 amide bonds. The molecule has 138 valence electrons. The first-order valence-corrected chi connectivity index (χ1v) is 9.37. The van der Waals surface area contributed by atoms with Crippen molar-refractivity contribution in [1.82, 2.24) is 4.98 Å². The summed E-state index contributed by atoms with van der Waals surface area (Å²) in [5.74, 6) is -0.624. The number of aryl methyl sites for hydroxylation is 2. The predicted molar refractivity (Wildman–Crippen MR) is 106 cm³/mol. The summed E-state index contributed by atoms with van der Waals surface area (Å²) in [5, 5.41) is 3.21. The van der Waals surface area contributed by atoms with Crippen LogP contribution in [0.5, 0.6) is 0 Å². The van der Waals surface area contributed by atoms with Gasteiger partial charge in [0.2, 0.25) is 5.91 Å². The van der Waals surface area contributed by atoms with Crippen LogP contribution < -0.4 is 5.32 Å². The molecule has 1 aromatic heterocycles. The van der Waals surface area contributed by atoms with E-state index in [0.717, 1.165) is 16.0 Å². The van der Waals surface area contributed by atoms with Crippen molar-refractivity contribution < 1.29 is 14.0 Å². The van der Waals surface area contributed by atoms with Crippen LogP contribution in [-0.2, 0) is 4.79 Å². The van der Waals surface area contributed by atoms with Crippen LogP contribution in [-0.4, -0.2) is 16.7 Å². The number of hydrogen-bond acceptors (Lipinski definition) is 4. The van der Waals surface area contributed by atoms with E-state index in [9.17, 15) is 14.0 Å². The van der Waals surface area contributed by atoms with Crippen molar-refractivity contribution in [2.75, 3.05) is 5.32 Å². The Morgan fingerprint density at radius 2 is 1.67 bits per heavy atom. The molecule has 0 aliphatic carbocycles. The van der Waals surface area contributed by atoms with Crippen molar-refractivity contribution in [3.63, 3.8) is 0 Å². The van der Waals surface area contributed by atoms with Gasteiger partial charge in [-0.3, -0.25) is 9.59 Å². The second-order valence-electron chi connectivity index (χ2n) is 6.27. The Balaban J connectivity index is 1.59. The number of amides is 1. The molecule has 0 unspecified atom stereocenters. The lowest BCUT2D eigenvalue weighted by Crippen LogP contribution is -2.13. The molecule has 1 N–H and O–H groups in total. The van der Waals surface area contributed by atoms with E-state index in [1.165, 1.54) is 23.5 Å². The molecule has 1 heterocycles. The first-order chi connectivity index (χ1) is 12.9. The maximum Gasteiger partial charge on any atom is 0.226 e. The summed E-state index contributed by atoms with van der Waals surface area (Å²) < 4.78 is 13.1. The fraction of sp³-hybridized carbons (Fsp3) is 0.190. The molecular formula is C21H19FN2O2S. The molecule has 0 aliphatic rings. The highest BCUT2D eigenvalue weighted by atomic mass is 32.1. The van der Waals surface area contributed by atoms with Crippen LogP contribution in [0, 0.1) is 19.7 Å². The molecule has 0 bridgehead atoms. The number of aromatic nitrogens is 1. The lowest BCUT2D eigenvalue weighted by atomic mass is 10.1. The minimum Gasteiger partial charge on any atom is -0.302 e. The molecule has 27 heavy (non-hydrogen) atoms. The number of nitrogens with zero attached hydrogens (tertiary/aromatic N) is 1. The van der Waals surface area contributed by atoms with Gasteiger partial charge in [-0.2, -0.15) is 0 Å². The molecule has 2 aromatic carbocycles. The number of rotatable bonds is 6. The lowest BCUT2D eigenvalue weighted by Gasteiger charge is -2.03. The number of hydrogen-bond donors (Lipinski definition) is 1. The molecule has 0 aliphatic heterocycles. The Morgan fingerprint density at radius 1 is 1.00 bits per heavy atom. The molecule has 0 fully saturated rings. The highest BCUT2D eigenvalue weighted by Crippen LogP contribution is 2.30. The molecule has 3 aromatic rings. The third kappa shape index (κ3) is 4.86. The van der Waals surface area contributed by atoms with Gasteiger partial charge in [-0.1, -0.05) is 29.8 Å². The van der Waals surface area contributed by atoms with Gasteiger partial charge in [-0.25, -0.2) is 9.37 Å². The summed E-state index contributed by atoms with van der Waals surface area (Å²) in [6.45, 7) is 3.85. The van der Waals surface area contributed by atoms with E-state index in [2.05, 4.69) is 10.3 Å². The molecule has 0 spiro atoms. The number of halogens is 1. The summed E-state index contributed by atoms with van der Waals surface area (Å²) in [5.41, 5.74) is 3.20. The molecular weight excluding hydrogens is 363 g/mol. The summed E-state index contributed by atoms with van der Waals surface area (Å²) >= 11 is 1.35. The summed E-state index contributed by atoms with van der Waals surface area (Å²) in [7, 11) is 0. The fourth-order valence-corrected chi connectivity index (χ4v) is 3.47. The van der Waals surface area contributed by atoms with E-state index < -0.39 is 0 Å². The van der Waals surface area contributed by atoms with Gasteiger partial charge in [0, 0.05) is 28.8 Å². The van der Waals surface area contributed by atoms with Gasteiger partial charge in [0.25, 0.3) is 0 Å². The first kappa shape index (κ1) is 18.9. The Morgan fingerprint density at radius 3 is 2.33 bits per heavy atom. The van der Waals surface area contributed by atoms with Crippen molar-refractivity contribution in [3.8, 4) is 11.3 Å². The zero-order valence-electron chi connectivity index (χ0n) is 15.1. The third-order valence-electron chi connectivity index (χ3n) is 4.11. The van der Waals surface area contributed by atoms with Crippen molar-refractivity contribution in [3.05, 3.63) is 70.4 Å². The van der Waals surface area contributed by atoms with E-state index in [0.29, 0.717) is 16.4 Å². The van der Waals surface area contributed by atoms with Crippen molar-refractivity contribution in [2.24, 2.45) is 0 Å². The predicted octanol–water partition coefficient (Wildman–Crippen LogP) is 5.17. The third-order valence-corrected chi connectivity index (χ3v) is 5.00. The van der Waals surface area contributed by atoms with Crippen LogP contribution in [0.3, 0.4) is 0 Å². The molecule has 0 atom stereocenters. The number of carbonyl (C=O) groups is 2. The Labute approximate surface area is 161 Å². The van der Waals surface area contributed by atoms with Crippen LogP contribution in [0.4, 0.5) is 9.52 Å². The van der Waals surface area contributed by atoms with Gasteiger partial charge >= 0.3 is 0 Å². The van der Waals surface area contributed by atoms with E-state index in [4.69, 9.17) is 0 Å². The molecule has 4 nitrogen and oxygen atoms in total. The van der Waals surface area contributed by atoms with Crippen molar-refractivity contribution >= 4 is 28.2 Å². The van der Waals surface area contributed by atoms with Crippen LogP contribution in [0.2, 0.25) is 0 Å². The summed E-state index contributed by atoms with van der Waals surface area (Å²) in [6.07, 6.45) is 0.237. The van der Waals surface area contributed by atoms with E-state index >= 15 is 0 Å². The smallest absolute Gasteiger partial charge is 0.226 e. The monoisotopic (exact) mass is 382 g/mol. The molecule has 3 rings (SSSR count). The number of benzene rings is 2. The minimum atomic E-state index is -0.307. The number of nitrogens with one attached hydrogen (secondary N) is 1. The molecule has 0 saturated heterocycles. The normalized spacial score (nSPS) is 10.6. The van der Waals surface area contributed by atoms with Crippen LogP contribution in [0.1, 0.15) is 33.6 Å². The lowest BCUT2D eigenvalue weighted by molar-refractivity contribution is -0.116. The van der Waals surface area contributed by atoms with Gasteiger partial charge in [-0.05, 0) is 38.1 Å². The summed E-state index contributed by atoms with van der Waals surface area (Å²) in [4.78, 5) is 29.7. The molecule has 0 saturated carbocycles. The topological polar surface area (TPSA) is 59.1 Å². The highest BCUT2D eigenvalue weighted by Gasteiger charge is 2.14.